The summed E-state index contributed by atoms with van der Waals surface area (Å²) in [5, 5.41) is 3.55. The maximum Gasteiger partial charge on any atom is 0.412 e. The number of amides is 1. The molecule has 3 aromatic carbocycles. The van der Waals surface area contributed by atoms with Gasteiger partial charge < -0.3 is 10.1 Å². The minimum atomic E-state index is -0.441. The number of rotatable bonds is 7. The fourth-order valence-corrected chi connectivity index (χ4v) is 4.74. The van der Waals surface area contributed by atoms with Gasteiger partial charge in [0.05, 0.1) is 0 Å². The second kappa shape index (κ2) is 11.5. The Balaban J connectivity index is 1.21. The van der Waals surface area contributed by atoms with E-state index in [9.17, 15) is 4.79 Å². The monoisotopic (exact) mass is 476 g/mol. The number of halogens is 1. The van der Waals surface area contributed by atoms with E-state index >= 15 is 0 Å². The highest BCUT2D eigenvalue weighted by atomic mass is 35.5. The molecule has 1 fully saturated rings. The molecule has 0 radical (unpaired) electrons. The van der Waals surface area contributed by atoms with E-state index in [-0.39, 0.29) is 0 Å². The van der Waals surface area contributed by atoms with Crippen molar-refractivity contribution in [1.29, 1.82) is 0 Å². The Hall–Kier alpha value is -2.82. The van der Waals surface area contributed by atoms with Gasteiger partial charge >= 0.3 is 6.09 Å². The molecule has 1 N–H and O–H groups in total. The lowest BCUT2D eigenvalue weighted by atomic mass is 9.96. The Morgan fingerprint density at radius 1 is 0.882 bits per heavy atom. The lowest BCUT2D eigenvalue weighted by molar-refractivity contribution is 0.0953. The zero-order chi connectivity index (χ0) is 23.9. The molecule has 2 atom stereocenters. The van der Waals surface area contributed by atoms with Crippen molar-refractivity contribution in [3.05, 3.63) is 88.9 Å². The Kier molecular flexibility index (Phi) is 8.25. The van der Waals surface area contributed by atoms with Crippen molar-refractivity contribution in [2.45, 2.75) is 58.2 Å². The molecular weight excluding hydrogens is 444 g/mol. The minimum Gasteiger partial charge on any atom is -0.410 e. The number of nitrogens with one attached hydrogen (secondary N) is 1. The highest BCUT2D eigenvalue weighted by Crippen LogP contribution is 2.25. The van der Waals surface area contributed by atoms with Crippen LogP contribution in [0.2, 0.25) is 5.02 Å². The average Bonchev–Trinajstić information content (AvgIpc) is 2.83. The predicted molar refractivity (Wildman–Crippen MR) is 139 cm³/mol. The summed E-state index contributed by atoms with van der Waals surface area (Å²) in [6, 6.07) is 25.1. The van der Waals surface area contributed by atoms with Gasteiger partial charge in [0, 0.05) is 30.2 Å². The Morgan fingerprint density at radius 3 is 2.06 bits per heavy atom. The molecule has 4 nitrogen and oxygen atoms in total. The van der Waals surface area contributed by atoms with Crippen molar-refractivity contribution < 1.29 is 9.53 Å². The smallest absolute Gasteiger partial charge is 0.410 e. The Morgan fingerprint density at radius 2 is 1.44 bits per heavy atom. The van der Waals surface area contributed by atoms with Crippen LogP contribution in [0.4, 0.5) is 4.79 Å². The van der Waals surface area contributed by atoms with Crippen LogP contribution in [-0.4, -0.2) is 29.6 Å². The van der Waals surface area contributed by atoms with E-state index in [1.165, 1.54) is 30.4 Å². The predicted octanol–water partition coefficient (Wildman–Crippen LogP) is 7.10. The molecular formula is C29H33ClN2O2. The van der Waals surface area contributed by atoms with Crippen LogP contribution in [0.5, 0.6) is 5.75 Å². The van der Waals surface area contributed by atoms with Crippen LogP contribution in [0, 0.1) is 0 Å². The van der Waals surface area contributed by atoms with Crippen LogP contribution < -0.4 is 10.1 Å². The molecule has 1 saturated heterocycles. The topological polar surface area (TPSA) is 41.6 Å². The quantitative estimate of drug-likeness (QED) is 0.395. The van der Waals surface area contributed by atoms with Gasteiger partial charge in [-0.3, -0.25) is 4.90 Å². The molecule has 2 unspecified atom stereocenters. The summed E-state index contributed by atoms with van der Waals surface area (Å²) in [6.07, 6.45) is 4.24. The molecule has 0 saturated carbocycles. The number of ether oxygens (including phenoxy) is 1. The van der Waals surface area contributed by atoms with E-state index in [0.717, 1.165) is 24.1 Å². The molecule has 1 aliphatic heterocycles. The standard InChI is InChI=1S/C29H33ClN2O2/c1-21-4-3-5-22(2)32(21)20-24-8-6-23(7-9-24)18-19-31-29(33)34-28-16-12-26(13-17-28)25-10-14-27(30)15-11-25/h6-17,21-22H,3-5,18-20H2,1-2H3,(H,31,33). The number of piperidine rings is 1. The highest BCUT2D eigenvalue weighted by molar-refractivity contribution is 6.30. The summed E-state index contributed by atoms with van der Waals surface area (Å²) >= 11 is 5.95. The normalized spacial score (nSPS) is 18.4. The third-order valence-corrected chi connectivity index (χ3v) is 6.94. The zero-order valence-electron chi connectivity index (χ0n) is 20.0. The third-order valence-electron chi connectivity index (χ3n) is 6.69. The SMILES string of the molecule is CC1CCCC(C)N1Cc1ccc(CCNC(=O)Oc2ccc(-c3ccc(Cl)cc3)cc2)cc1. The highest BCUT2D eigenvalue weighted by Gasteiger charge is 2.24. The van der Waals surface area contributed by atoms with Crippen LogP contribution in [0.25, 0.3) is 11.1 Å². The van der Waals surface area contributed by atoms with Crippen molar-refractivity contribution in [3.8, 4) is 16.9 Å². The molecule has 0 aliphatic carbocycles. The molecule has 178 valence electrons. The van der Waals surface area contributed by atoms with Gasteiger partial charge in [-0.05, 0) is 79.6 Å². The second-order valence-corrected chi connectivity index (χ2v) is 9.65. The summed E-state index contributed by atoms with van der Waals surface area (Å²) in [5.41, 5.74) is 4.65. The summed E-state index contributed by atoms with van der Waals surface area (Å²) in [5.74, 6) is 0.515. The van der Waals surface area contributed by atoms with Crippen LogP contribution >= 0.6 is 11.6 Å². The first-order valence-electron chi connectivity index (χ1n) is 12.1. The number of benzene rings is 3. The van der Waals surface area contributed by atoms with Gasteiger partial charge in [-0.2, -0.15) is 0 Å². The number of hydrogen-bond donors (Lipinski definition) is 1. The van der Waals surface area contributed by atoms with Gasteiger partial charge in [-0.15, -0.1) is 0 Å². The Labute approximate surface area is 207 Å². The zero-order valence-corrected chi connectivity index (χ0v) is 20.7. The van der Waals surface area contributed by atoms with E-state index in [0.29, 0.717) is 29.4 Å². The molecule has 1 amide bonds. The molecule has 0 spiro atoms. The molecule has 1 aliphatic rings. The lowest BCUT2D eigenvalue weighted by Gasteiger charge is -2.39. The van der Waals surface area contributed by atoms with Gasteiger partial charge in [-0.1, -0.05) is 66.6 Å². The van der Waals surface area contributed by atoms with Crippen LogP contribution in [0.3, 0.4) is 0 Å². The average molecular weight is 477 g/mol. The first kappa shape index (κ1) is 24.3. The number of carbonyl (C=O) groups excluding carboxylic acids is 1. The van der Waals surface area contributed by atoms with Crippen molar-refractivity contribution in [1.82, 2.24) is 10.2 Å². The molecule has 5 heteroatoms. The van der Waals surface area contributed by atoms with Crippen molar-refractivity contribution in [2.75, 3.05) is 6.54 Å². The van der Waals surface area contributed by atoms with E-state index in [1.807, 2.05) is 36.4 Å². The molecule has 1 heterocycles. The molecule has 4 rings (SSSR count). The van der Waals surface area contributed by atoms with Gasteiger partial charge in [-0.25, -0.2) is 4.79 Å². The maximum absolute atomic E-state index is 12.2. The molecule has 34 heavy (non-hydrogen) atoms. The lowest BCUT2D eigenvalue weighted by Crippen LogP contribution is -2.42. The third kappa shape index (κ3) is 6.62. The summed E-state index contributed by atoms with van der Waals surface area (Å²) in [7, 11) is 0. The van der Waals surface area contributed by atoms with E-state index in [1.54, 1.807) is 12.1 Å². The number of hydrogen-bond acceptors (Lipinski definition) is 3. The van der Waals surface area contributed by atoms with E-state index in [4.69, 9.17) is 16.3 Å². The fourth-order valence-electron chi connectivity index (χ4n) is 4.62. The number of likely N-dealkylation sites (tertiary alicyclic amines) is 1. The van der Waals surface area contributed by atoms with E-state index < -0.39 is 6.09 Å². The largest absolute Gasteiger partial charge is 0.412 e. The first-order valence-corrected chi connectivity index (χ1v) is 12.5. The van der Waals surface area contributed by atoms with Crippen molar-refractivity contribution in [2.24, 2.45) is 0 Å². The van der Waals surface area contributed by atoms with E-state index in [2.05, 4.69) is 48.3 Å². The number of nitrogens with zero attached hydrogens (tertiary/aromatic N) is 1. The second-order valence-electron chi connectivity index (χ2n) is 9.22. The van der Waals surface area contributed by atoms with Gasteiger partial charge in [0.15, 0.2) is 0 Å². The molecule has 0 bridgehead atoms. The van der Waals surface area contributed by atoms with Crippen molar-refractivity contribution in [3.63, 3.8) is 0 Å². The van der Waals surface area contributed by atoms with Crippen molar-refractivity contribution >= 4 is 17.7 Å². The van der Waals surface area contributed by atoms with Gasteiger partial charge in [0.2, 0.25) is 0 Å². The first-order chi connectivity index (χ1) is 16.5. The maximum atomic E-state index is 12.2. The van der Waals surface area contributed by atoms with Gasteiger partial charge in [0.25, 0.3) is 0 Å². The van der Waals surface area contributed by atoms with Crippen LogP contribution in [0.15, 0.2) is 72.8 Å². The van der Waals surface area contributed by atoms with Gasteiger partial charge in [0.1, 0.15) is 5.75 Å². The summed E-state index contributed by atoms with van der Waals surface area (Å²) in [6.45, 7) is 6.21. The number of carbonyl (C=O) groups is 1. The molecule has 0 aromatic heterocycles. The van der Waals surface area contributed by atoms with Crippen LogP contribution in [-0.2, 0) is 13.0 Å². The van der Waals surface area contributed by atoms with Crippen LogP contribution in [0.1, 0.15) is 44.2 Å². The molecule has 3 aromatic rings. The Bertz CT molecular complexity index is 1050. The minimum absolute atomic E-state index is 0.441. The fraction of sp³-hybridized carbons (Fsp3) is 0.345. The summed E-state index contributed by atoms with van der Waals surface area (Å²) in [4.78, 5) is 14.8. The summed E-state index contributed by atoms with van der Waals surface area (Å²) < 4.78 is 5.41.